The van der Waals surface area contributed by atoms with Gasteiger partial charge in [-0.25, -0.2) is 4.79 Å². The van der Waals surface area contributed by atoms with Crippen molar-refractivity contribution >= 4 is 6.09 Å². The Kier molecular flexibility index (Phi) is 3.10. The molecular formula is C13H12N2O2. The number of hydrogen-bond acceptors (Lipinski definition) is 3. The maximum Gasteiger partial charge on any atom is 0.414 e. The predicted octanol–water partition coefficient (Wildman–Crippen LogP) is 2.59. The lowest BCUT2D eigenvalue weighted by molar-refractivity contribution is 0.130. The second kappa shape index (κ2) is 4.71. The van der Waals surface area contributed by atoms with Crippen LogP contribution in [-0.4, -0.2) is 18.1 Å². The summed E-state index contributed by atoms with van der Waals surface area (Å²) in [4.78, 5) is 13.1. The molecule has 1 heterocycles. The molecule has 4 nitrogen and oxygen atoms in total. The minimum absolute atomic E-state index is 0.0322. The molecule has 1 aliphatic heterocycles. The first kappa shape index (κ1) is 11.2. The van der Waals surface area contributed by atoms with Crippen LogP contribution in [-0.2, 0) is 4.74 Å². The fourth-order valence-corrected chi connectivity index (χ4v) is 1.89. The van der Waals surface area contributed by atoms with Gasteiger partial charge in [-0.2, -0.15) is 5.26 Å². The normalized spacial score (nSPS) is 17.9. The van der Waals surface area contributed by atoms with Crippen molar-refractivity contribution in [3.05, 3.63) is 47.7 Å². The minimum Gasteiger partial charge on any atom is -0.452 e. The van der Waals surface area contributed by atoms with Crippen LogP contribution < -0.4 is 0 Å². The highest BCUT2D eigenvalue weighted by molar-refractivity contribution is 5.70. The van der Waals surface area contributed by atoms with Crippen LogP contribution in [0.15, 0.2) is 36.5 Å². The lowest BCUT2D eigenvalue weighted by atomic mass is 10.0. The molecule has 0 aromatic heterocycles. The number of nitriles is 1. The van der Waals surface area contributed by atoms with Crippen LogP contribution in [0.1, 0.15) is 23.6 Å². The average molecular weight is 228 g/mol. The van der Waals surface area contributed by atoms with E-state index in [4.69, 9.17) is 10.00 Å². The van der Waals surface area contributed by atoms with Gasteiger partial charge in [0.2, 0.25) is 0 Å². The van der Waals surface area contributed by atoms with Crippen LogP contribution in [0.2, 0.25) is 0 Å². The summed E-state index contributed by atoms with van der Waals surface area (Å²) in [5, 5.41) is 8.73. The molecule has 0 radical (unpaired) electrons. The Labute approximate surface area is 99.7 Å². The third-order valence-electron chi connectivity index (χ3n) is 2.77. The van der Waals surface area contributed by atoms with E-state index >= 15 is 0 Å². The van der Waals surface area contributed by atoms with Crippen LogP contribution in [0.3, 0.4) is 0 Å². The molecule has 0 bridgehead atoms. The Morgan fingerprint density at radius 2 is 2.18 bits per heavy atom. The molecule has 1 aliphatic rings. The molecule has 0 spiro atoms. The first-order chi connectivity index (χ1) is 8.26. The van der Waals surface area contributed by atoms with E-state index in [1.54, 1.807) is 23.2 Å². The number of ether oxygens (including phenoxy) is 1. The van der Waals surface area contributed by atoms with Crippen molar-refractivity contribution in [2.45, 2.75) is 12.5 Å². The highest BCUT2D eigenvalue weighted by Gasteiger charge is 2.26. The standard InChI is InChI=1S/C13H12N2O2/c1-17-13(16)15-8-2-3-12(15)11-6-4-10(9-14)5-7-11/h2,4-8,12H,3H2,1H3. The number of amides is 1. The molecule has 0 aliphatic carbocycles. The number of carbonyl (C=O) groups excluding carboxylic acids is 1. The lowest BCUT2D eigenvalue weighted by Gasteiger charge is -2.22. The van der Waals surface area contributed by atoms with Gasteiger partial charge >= 0.3 is 6.09 Å². The van der Waals surface area contributed by atoms with E-state index in [9.17, 15) is 4.79 Å². The van der Waals surface area contributed by atoms with Crippen LogP contribution in [0, 0.1) is 11.3 Å². The first-order valence-electron chi connectivity index (χ1n) is 5.29. The molecule has 4 heteroatoms. The fourth-order valence-electron chi connectivity index (χ4n) is 1.89. The molecule has 0 N–H and O–H groups in total. The molecule has 17 heavy (non-hydrogen) atoms. The fraction of sp³-hybridized carbons (Fsp3) is 0.231. The summed E-state index contributed by atoms with van der Waals surface area (Å²) in [5.74, 6) is 0. The number of rotatable bonds is 1. The summed E-state index contributed by atoms with van der Waals surface area (Å²) in [7, 11) is 1.37. The minimum atomic E-state index is -0.367. The van der Waals surface area contributed by atoms with Crippen LogP contribution in [0.4, 0.5) is 4.79 Å². The lowest BCUT2D eigenvalue weighted by Crippen LogP contribution is -2.26. The molecule has 1 aromatic rings. The van der Waals surface area contributed by atoms with Gasteiger partial charge in [0.15, 0.2) is 0 Å². The summed E-state index contributed by atoms with van der Waals surface area (Å²) in [5.41, 5.74) is 1.61. The molecule has 1 amide bonds. The molecule has 1 unspecified atom stereocenters. The van der Waals surface area contributed by atoms with Crippen molar-refractivity contribution < 1.29 is 9.53 Å². The van der Waals surface area contributed by atoms with Crippen molar-refractivity contribution in [3.63, 3.8) is 0 Å². The molecule has 1 atom stereocenters. The van der Waals surface area contributed by atoms with Crippen molar-refractivity contribution in [2.24, 2.45) is 0 Å². The van der Waals surface area contributed by atoms with Gasteiger partial charge in [0.25, 0.3) is 0 Å². The van der Waals surface area contributed by atoms with Crippen molar-refractivity contribution in [1.82, 2.24) is 4.90 Å². The largest absolute Gasteiger partial charge is 0.452 e. The third-order valence-corrected chi connectivity index (χ3v) is 2.77. The zero-order valence-corrected chi connectivity index (χ0v) is 9.46. The van der Waals surface area contributed by atoms with Gasteiger partial charge in [0, 0.05) is 6.20 Å². The first-order valence-corrected chi connectivity index (χ1v) is 5.29. The Bertz CT molecular complexity index is 485. The molecule has 0 saturated heterocycles. The number of hydrogen-bond donors (Lipinski definition) is 0. The third kappa shape index (κ3) is 2.13. The summed E-state index contributed by atoms with van der Waals surface area (Å²) in [6.07, 6.45) is 4.06. The topological polar surface area (TPSA) is 53.3 Å². The Morgan fingerprint density at radius 3 is 2.76 bits per heavy atom. The van der Waals surface area contributed by atoms with Crippen molar-refractivity contribution in [1.29, 1.82) is 5.26 Å². The zero-order chi connectivity index (χ0) is 12.3. The van der Waals surface area contributed by atoms with E-state index in [1.807, 2.05) is 18.2 Å². The summed E-state index contributed by atoms with van der Waals surface area (Å²) < 4.78 is 4.71. The number of methoxy groups -OCH3 is 1. The molecule has 2 rings (SSSR count). The maximum atomic E-state index is 11.5. The highest BCUT2D eigenvalue weighted by atomic mass is 16.5. The zero-order valence-electron chi connectivity index (χ0n) is 9.46. The summed E-state index contributed by atoms with van der Waals surface area (Å²) >= 11 is 0. The maximum absolute atomic E-state index is 11.5. The Hall–Kier alpha value is -2.28. The van der Waals surface area contributed by atoms with E-state index in [-0.39, 0.29) is 12.1 Å². The van der Waals surface area contributed by atoms with Gasteiger partial charge < -0.3 is 4.74 Å². The predicted molar refractivity (Wildman–Crippen MR) is 61.9 cm³/mol. The molecule has 1 aromatic carbocycles. The molecule has 0 fully saturated rings. The van der Waals surface area contributed by atoms with Crippen molar-refractivity contribution in [3.8, 4) is 6.07 Å². The smallest absolute Gasteiger partial charge is 0.414 e. The van der Waals surface area contributed by atoms with Crippen LogP contribution in [0.5, 0.6) is 0 Å². The van der Waals surface area contributed by atoms with E-state index in [0.717, 1.165) is 12.0 Å². The SMILES string of the molecule is COC(=O)N1C=CCC1c1ccc(C#N)cc1. The molecular weight excluding hydrogens is 216 g/mol. The van der Waals surface area contributed by atoms with Gasteiger partial charge in [0.05, 0.1) is 24.8 Å². The van der Waals surface area contributed by atoms with E-state index in [2.05, 4.69) is 6.07 Å². The van der Waals surface area contributed by atoms with E-state index in [1.165, 1.54) is 7.11 Å². The van der Waals surface area contributed by atoms with Gasteiger partial charge in [-0.3, -0.25) is 4.90 Å². The number of carbonyl (C=O) groups is 1. The van der Waals surface area contributed by atoms with Crippen LogP contribution >= 0.6 is 0 Å². The van der Waals surface area contributed by atoms with E-state index in [0.29, 0.717) is 5.56 Å². The monoisotopic (exact) mass is 228 g/mol. The quantitative estimate of drug-likeness (QED) is 0.742. The Balaban J connectivity index is 2.22. The summed E-state index contributed by atoms with van der Waals surface area (Å²) in [6, 6.07) is 9.28. The average Bonchev–Trinajstić information content (AvgIpc) is 2.87. The van der Waals surface area contributed by atoms with E-state index < -0.39 is 0 Å². The number of nitrogens with zero attached hydrogens (tertiary/aromatic N) is 2. The second-order valence-electron chi connectivity index (χ2n) is 3.75. The number of benzene rings is 1. The summed E-state index contributed by atoms with van der Waals surface area (Å²) in [6.45, 7) is 0. The highest BCUT2D eigenvalue weighted by Crippen LogP contribution is 2.30. The second-order valence-corrected chi connectivity index (χ2v) is 3.75. The Morgan fingerprint density at radius 1 is 1.47 bits per heavy atom. The molecule has 86 valence electrons. The molecule has 0 saturated carbocycles. The van der Waals surface area contributed by atoms with Gasteiger partial charge in [-0.1, -0.05) is 18.2 Å². The van der Waals surface area contributed by atoms with Gasteiger partial charge in [-0.15, -0.1) is 0 Å². The van der Waals surface area contributed by atoms with Gasteiger partial charge in [-0.05, 0) is 24.1 Å². The van der Waals surface area contributed by atoms with Crippen LogP contribution in [0.25, 0.3) is 0 Å². The van der Waals surface area contributed by atoms with Gasteiger partial charge in [0.1, 0.15) is 0 Å². The van der Waals surface area contributed by atoms with Crippen molar-refractivity contribution in [2.75, 3.05) is 7.11 Å².